The highest BCUT2D eigenvalue weighted by atomic mass is 16.5. The number of benzene rings is 2. The summed E-state index contributed by atoms with van der Waals surface area (Å²) in [7, 11) is 1.58. The third kappa shape index (κ3) is 4.42. The third-order valence-electron chi connectivity index (χ3n) is 5.33. The van der Waals surface area contributed by atoms with Gasteiger partial charge in [0.25, 0.3) is 11.8 Å². The minimum Gasteiger partial charge on any atom is -0.497 e. The lowest BCUT2D eigenvalue weighted by molar-refractivity contribution is 0.0885. The Labute approximate surface area is 169 Å². The molecule has 1 aliphatic carbocycles. The summed E-state index contributed by atoms with van der Waals surface area (Å²) in [6.07, 6.45) is 3.42. The van der Waals surface area contributed by atoms with E-state index in [0.717, 1.165) is 24.6 Å². The van der Waals surface area contributed by atoms with E-state index in [1.54, 1.807) is 37.4 Å². The van der Waals surface area contributed by atoms with Crippen molar-refractivity contribution in [3.05, 3.63) is 65.9 Å². The number of amides is 2. The summed E-state index contributed by atoms with van der Waals surface area (Å²) in [6, 6.07) is 16.4. The lowest BCUT2D eigenvalue weighted by Gasteiger charge is -2.30. The molecule has 150 valence electrons. The van der Waals surface area contributed by atoms with E-state index in [0.29, 0.717) is 29.1 Å². The summed E-state index contributed by atoms with van der Waals surface area (Å²) in [4.78, 5) is 25.2. The average molecular weight is 392 g/mol. The zero-order valence-corrected chi connectivity index (χ0v) is 16.3. The molecule has 29 heavy (non-hydrogen) atoms. The highest BCUT2D eigenvalue weighted by Gasteiger charge is 2.26. The van der Waals surface area contributed by atoms with Crippen LogP contribution in [0, 0.1) is 0 Å². The molecule has 0 aliphatic heterocycles. The average Bonchev–Trinajstić information content (AvgIpc) is 3.18. The predicted octanol–water partition coefficient (Wildman–Crippen LogP) is 3.91. The van der Waals surface area contributed by atoms with E-state index in [4.69, 9.17) is 9.15 Å². The molecule has 0 unspecified atom stereocenters. The lowest BCUT2D eigenvalue weighted by Crippen LogP contribution is -2.45. The number of fused-ring (bicyclic) bond motifs is 1. The molecule has 2 N–H and O–H groups in total. The van der Waals surface area contributed by atoms with E-state index in [-0.39, 0.29) is 23.9 Å². The summed E-state index contributed by atoms with van der Waals surface area (Å²) in [5, 5.41) is 7.04. The molecule has 1 fully saturated rings. The second-order valence-electron chi connectivity index (χ2n) is 7.39. The first-order chi connectivity index (χ1) is 14.1. The molecular formula is C23H24N2O4. The van der Waals surface area contributed by atoms with E-state index >= 15 is 0 Å². The number of hydrogen-bond acceptors (Lipinski definition) is 4. The molecule has 1 aromatic heterocycles. The number of furan rings is 1. The third-order valence-corrected chi connectivity index (χ3v) is 5.33. The molecule has 2 aromatic carbocycles. The van der Waals surface area contributed by atoms with Crippen molar-refractivity contribution in [3.8, 4) is 5.75 Å². The Hall–Kier alpha value is -3.28. The molecule has 1 heterocycles. The Morgan fingerprint density at radius 2 is 1.72 bits per heavy atom. The minimum atomic E-state index is -0.217. The normalized spacial score (nSPS) is 18.9. The highest BCUT2D eigenvalue weighted by molar-refractivity contribution is 5.96. The van der Waals surface area contributed by atoms with Crippen LogP contribution in [-0.2, 0) is 0 Å². The Morgan fingerprint density at radius 3 is 2.48 bits per heavy atom. The van der Waals surface area contributed by atoms with E-state index in [9.17, 15) is 9.59 Å². The first-order valence-corrected chi connectivity index (χ1v) is 9.87. The fraction of sp³-hybridized carbons (Fsp3) is 0.304. The van der Waals surface area contributed by atoms with E-state index < -0.39 is 0 Å². The Morgan fingerprint density at radius 1 is 0.966 bits per heavy atom. The molecule has 0 radical (unpaired) electrons. The van der Waals surface area contributed by atoms with Gasteiger partial charge in [0.1, 0.15) is 11.3 Å². The van der Waals surface area contributed by atoms with Gasteiger partial charge in [-0.05, 0) is 56.0 Å². The number of carbonyl (C=O) groups is 2. The number of hydrogen-bond donors (Lipinski definition) is 2. The standard InChI is InChI=1S/C23H24N2O4/c1-28-19-10-4-7-16(12-19)22(26)24-17-8-5-9-18(14-17)25-23(27)21-13-15-6-2-3-11-20(15)29-21/h2-4,6-7,10-13,17-18H,5,8-9,14H2,1H3,(H,24,26)(H,25,27)/t17-,18-/m1/s1. The molecule has 6 heteroatoms. The van der Waals surface area contributed by atoms with Gasteiger partial charge in [-0.25, -0.2) is 0 Å². The van der Waals surface area contributed by atoms with Gasteiger partial charge in [0.2, 0.25) is 0 Å². The predicted molar refractivity (Wildman–Crippen MR) is 110 cm³/mol. The summed E-state index contributed by atoms with van der Waals surface area (Å²) in [6.45, 7) is 0. The van der Waals surface area contributed by atoms with Crippen molar-refractivity contribution < 1.29 is 18.7 Å². The Kier molecular flexibility index (Phi) is 5.51. The number of nitrogens with one attached hydrogen (secondary N) is 2. The van der Waals surface area contributed by atoms with E-state index in [1.807, 2.05) is 24.3 Å². The van der Waals surface area contributed by atoms with Gasteiger partial charge >= 0.3 is 0 Å². The minimum absolute atomic E-state index is 0.0000664. The zero-order valence-electron chi connectivity index (χ0n) is 16.3. The van der Waals surface area contributed by atoms with Crippen LogP contribution in [0.15, 0.2) is 59.0 Å². The number of methoxy groups -OCH3 is 1. The largest absolute Gasteiger partial charge is 0.497 e. The first-order valence-electron chi connectivity index (χ1n) is 9.87. The van der Waals surface area contributed by atoms with Gasteiger partial charge in [0, 0.05) is 23.0 Å². The van der Waals surface area contributed by atoms with Crippen molar-refractivity contribution in [1.29, 1.82) is 0 Å². The van der Waals surface area contributed by atoms with Gasteiger partial charge < -0.3 is 19.8 Å². The van der Waals surface area contributed by atoms with Crippen LogP contribution in [0.2, 0.25) is 0 Å². The Balaban J connectivity index is 1.36. The van der Waals surface area contributed by atoms with Gasteiger partial charge in [-0.3, -0.25) is 9.59 Å². The van der Waals surface area contributed by atoms with Crippen molar-refractivity contribution in [1.82, 2.24) is 10.6 Å². The molecule has 4 rings (SSSR count). The van der Waals surface area contributed by atoms with Gasteiger partial charge in [-0.15, -0.1) is 0 Å². The molecule has 0 spiro atoms. The SMILES string of the molecule is COc1cccc(C(=O)N[C@@H]2CCC[C@@H](NC(=O)c3cc4ccccc4o3)C2)c1. The van der Waals surface area contributed by atoms with Crippen molar-refractivity contribution in [3.63, 3.8) is 0 Å². The van der Waals surface area contributed by atoms with Gasteiger partial charge in [-0.2, -0.15) is 0 Å². The fourth-order valence-corrected chi connectivity index (χ4v) is 3.84. The van der Waals surface area contributed by atoms with Gasteiger partial charge in [-0.1, -0.05) is 24.3 Å². The monoisotopic (exact) mass is 392 g/mol. The van der Waals surface area contributed by atoms with Crippen LogP contribution >= 0.6 is 0 Å². The number of carbonyl (C=O) groups excluding carboxylic acids is 2. The van der Waals surface area contributed by atoms with Crippen LogP contribution in [-0.4, -0.2) is 31.0 Å². The van der Waals surface area contributed by atoms with Gasteiger partial charge in [0.05, 0.1) is 7.11 Å². The second kappa shape index (κ2) is 8.39. The molecule has 1 aliphatic rings. The second-order valence-corrected chi connectivity index (χ2v) is 7.39. The molecular weight excluding hydrogens is 368 g/mol. The first kappa shape index (κ1) is 19.1. The van der Waals surface area contributed by atoms with Crippen molar-refractivity contribution in [2.45, 2.75) is 37.8 Å². The summed E-state index contributed by atoms with van der Waals surface area (Å²) < 4.78 is 10.8. The van der Waals surface area contributed by atoms with Gasteiger partial charge in [0.15, 0.2) is 5.76 Å². The molecule has 2 atom stereocenters. The van der Waals surface area contributed by atoms with Crippen LogP contribution in [0.25, 0.3) is 11.0 Å². The van der Waals surface area contributed by atoms with E-state index in [1.165, 1.54) is 0 Å². The lowest BCUT2D eigenvalue weighted by atomic mass is 9.90. The van der Waals surface area contributed by atoms with Crippen LogP contribution < -0.4 is 15.4 Å². The van der Waals surface area contributed by atoms with Crippen LogP contribution in [0.5, 0.6) is 5.75 Å². The fourth-order valence-electron chi connectivity index (χ4n) is 3.84. The van der Waals surface area contributed by atoms with Crippen molar-refractivity contribution in [2.24, 2.45) is 0 Å². The molecule has 1 saturated carbocycles. The molecule has 0 saturated heterocycles. The number of ether oxygens (including phenoxy) is 1. The maximum Gasteiger partial charge on any atom is 0.287 e. The highest BCUT2D eigenvalue weighted by Crippen LogP contribution is 2.22. The van der Waals surface area contributed by atoms with Crippen LogP contribution in [0.1, 0.15) is 46.6 Å². The molecule has 6 nitrogen and oxygen atoms in total. The van der Waals surface area contributed by atoms with E-state index in [2.05, 4.69) is 10.6 Å². The smallest absolute Gasteiger partial charge is 0.287 e. The maximum absolute atomic E-state index is 12.6. The van der Waals surface area contributed by atoms with Crippen LogP contribution in [0.4, 0.5) is 0 Å². The summed E-state index contributed by atoms with van der Waals surface area (Å²) in [5.41, 5.74) is 1.27. The number of para-hydroxylation sites is 1. The summed E-state index contributed by atoms with van der Waals surface area (Å²) in [5.74, 6) is 0.621. The van der Waals surface area contributed by atoms with Crippen molar-refractivity contribution >= 4 is 22.8 Å². The maximum atomic E-state index is 12.6. The topological polar surface area (TPSA) is 80.6 Å². The molecule has 0 bridgehead atoms. The van der Waals surface area contributed by atoms with Crippen LogP contribution in [0.3, 0.4) is 0 Å². The quantitative estimate of drug-likeness (QED) is 0.690. The Bertz CT molecular complexity index is 993. The molecule has 2 amide bonds. The molecule has 3 aromatic rings. The van der Waals surface area contributed by atoms with Crippen molar-refractivity contribution in [2.75, 3.05) is 7.11 Å². The summed E-state index contributed by atoms with van der Waals surface area (Å²) >= 11 is 0. The zero-order chi connectivity index (χ0) is 20.2. The number of rotatable bonds is 5.